The SMILES string of the molecule is Cc1ccc(N2CCCC(N(C)Cc3nc(C(C)C)ns3)C2)nn1. The Morgan fingerprint density at radius 1 is 1.33 bits per heavy atom. The lowest BCUT2D eigenvalue weighted by Gasteiger charge is -2.37. The lowest BCUT2D eigenvalue weighted by molar-refractivity contribution is 0.207. The highest BCUT2D eigenvalue weighted by molar-refractivity contribution is 7.05. The van der Waals surface area contributed by atoms with E-state index in [1.165, 1.54) is 24.4 Å². The first-order chi connectivity index (χ1) is 11.5. The maximum Gasteiger partial charge on any atom is 0.151 e. The summed E-state index contributed by atoms with van der Waals surface area (Å²) in [4.78, 5) is 9.41. The molecule has 0 amide bonds. The van der Waals surface area contributed by atoms with Crippen molar-refractivity contribution in [3.8, 4) is 0 Å². The molecule has 1 atom stereocenters. The highest BCUT2D eigenvalue weighted by Gasteiger charge is 2.25. The number of aromatic nitrogens is 4. The molecule has 6 nitrogen and oxygen atoms in total. The second-order valence-electron chi connectivity index (χ2n) is 6.89. The van der Waals surface area contributed by atoms with Crippen LogP contribution in [0.3, 0.4) is 0 Å². The Bertz CT molecular complexity index is 653. The summed E-state index contributed by atoms with van der Waals surface area (Å²) in [7, 11) is 2.19. The van der Waals surface area contributed by atoms with Gasteiger partial charge in [-0.25, -0.2) is 4.98 Å². The molecule has 0 aliphatic carbocycles. The van der Waals surface area contributed by atoms with Crippen molar-refractivity contribution < 1.29 is 0 Å². The third-order valence-corrected chi connectivity index (χ3v) is 5.22. The summed E-state index contributed by atoms with van der Waals surface area (Å²) in [5.41, 5.74) is 0.960. The fourth-order valence-electron chi connectivity index (χ4n) is 2.99. The molecule has 2 aromatic rings. The van der Waals surface area contributed by atoms with E-state index in [1.807, 2.05) is 13.0 Å². The Morgan fingerprint density at radius 3 is 2.83 bits per heavy atom. The Kier molecular flexibility index (Phi) is 5.40. The maximum absolute atomic E-state index is 4.66. The average Bonchev–Trinajstić information content (AvgIpc) is 3.04. The van der Waals surface area contributed by atoms with E-state index in [0.717, 1.165) is 42.0 Å². The number of anilines is 1. The Morgan fingerprint density at radius 2 is 2.17 bits per heavy atom. The maximum atomic E-state index is 4.66. The van der Waals surface area contributed by atoms with Crippen LogP contribution in [0.1, 0.15) is 49.1 Å². The molecule has 3 rings (SSSR count). The van der Waals surface area contributed by atoms with Gasteiger partial charge in [-0.15, -0.1) is 5.10 Å². The number of hydrogen-bond donors (Lipinski definition) is 0. The van der Waals surface area contributed by atoms with Gasteiger partial charge in [0.25, 0.3) is 0 Å². The first kappa shape index (κ1) is 17.2. The predicted molar refractivity (Wildman–Crippen MR) is 97.5 cm³/mol. The van der Waals surface area contributed by atoms with Crippen molar-refractivity contribution in [2.24, 2.45) is 0 Å². The largest absolute Gasteiger partial charge is 0.354 e. The van der Waals surface area contributed by atoms with Crippen LogP contribution >= 0.6 is 11.5 Å². The third kappa shape index (κ3) is 4.08. The van der Waals surface area contributed by atoms with Gasteiger partial charge in [0.15, 0.2) is 5.82 Å². The topological polar surface area (TPSA) is 58.0 Å². The molecule has 0 aromatic carbocycles. The molecule has 1 aliphatic rings. The van der Waals surface area contributed by atoms with E-state index in [4.69, 9.17) is 0 Å². The van der Waals surface area contributed by atoms with Crippen molar-refractivity contribution in [1.29, 1.82) is 0 Å². The smallest absolute Gasteiger partial charge is 0.151 e. The summed E-state index contributed by atoms with van der Waals surface area (Å²) in [5.74, 6) is 2.34. The van der Waals surface area contributed by atoms with Gasteiger partial charge in [0, 0.05) is 25.0 Å². The number of piperidine rings is 1. The van der Waals surface area contributed by atoms with Crippen molar-refractivity contribution in [2.75, 3.05) is 25.0 Å². The quantitative estimate of drug-likeness (QED) is 0.830. The number of aryl methyl sites for hydroxylation is 1. The molecule has 0 saturated carbocycles. The van der Waals surface area contributed by atoms with Crippen LogP contribution in [0.15, 0.2) is 12.1 Å². The second kappa shape index (κ2) is 7.53. The van der Waals surface area contributed by atoms with Crippen molar-refractivity contribution in [3.05, 3.63) is 28.7 Å². The monoisotopic (exact) mass is 346 g/mol. The summed E-state index contributed by atoms with van der Waals surface area (Å²) in [6.45, 7) is 9.15. The van der Waals surface area contributed by atoms with Gasteiger partial charge >= 0.3 is 0 Å². The molecule has 0 spiro atoms. The predicted octanol–water partition coefficient (Wildman–Crippen LogP) is 2.86. The zero-order valence-electron chi connectivity index (χ0n) is 14.9. The fraction of sp³-hybridized carbons (Fsp3) is 0.647. The van der Waals surface area contributed by atoms with Gasteiger partial charge in [-0.3, -0.25) is 4.90 Å². The van der Waals surface area contributed by atoms with Gasteiger partial charge in [0.2, 0.25) is 0 Å². The van der Waals surface area contributed by atoms with Crippen molar-refractivity contribution in [1.82, 2.24) is 24.5 Å². The normalized spacial score (nSPS) is 18.6. The van der Waals surface area contributed by atoms with Crippen LogP contribution in [0.2, 0.25) is 0 Å². The van der Waals surface area contributed by atoms with Crippen LogP contribution in [0.4, 0.5) is 5.82 Å². The van der Waals surface area contributed by atoms with Gasteiger partial charge in [-0.1, -0.05) is 13.8 Å². The van der Waals surface area contributed by atoms with E-state index in [2.05, 4.69) is 56.3 Å². The molecule has 1 aliphatic heterocycles. The highest BCUT2D eigenvalue weighted by Crippen LogP contribution is 2.22. The van der Waals surface area contributed by atoms with Crippen LogP contribution in [0, 0.1) is 6.92 Å². The van der Waals surface area contributed by atoms with Crippen LogP contribution < -0.4 is 4.90 Å². The lowest BCUT2D eigenvalue weighted by Crippen LogP contribution is -2.46. The standard InChI is InChI=1S/C17H26N6S/c1-12(2)17-18-16(24-21-17)11-22(4)14-6-5-9-23(10-14)15-8-7-13(3)19-20-15/h7-8,12,14H,5-6,9-11H2,1-4H3. The minimum absolute atomic E-state index is 0.394. The van der Waals surface area contributed by atoms with Crippen molar-refractivity contribution >= 4 is 17.4 Å². The molecule has 1 fully saturated rings. The zero-order chi connectivity index (χ0) is 17.1. The van der Waals surface area contributed by atoms with Gasteiger partial charge < -0.3 is 4.90 Å². The zero-order valence-corrected chi connectivity index (χ0v) is 15.8. The first-order valence-electron chi connectivity index (χ1n) is 8.61. The number of rotatable bonds is 5. The molecule has 24 heavy (non-hydrogen) atoms. The van der Waals surface area contributed by atoms with Crippen LogP contribution in [-0.4, -0.2) is 50.6 Å². The summed E-state index contributed by atoms with van der Waals surface area (Å²) < 4.78 is 4.46. The molecule has 2 aromatic heterocycles. The van der Waals surface area contributed by atoms with Gasteiger partial charge in [-0.2, -0.15) is 9.47 Å². The molecular formula is C17H26N6S. The van der Waals surface area contributed by atoms with Crippen LogP contribution in [-0.2, 0) is 6.54 Å². The molecular weight excluding hydrogens is 320 g/mol. The number of hydrogen-bond acceptors (Lipinski definition) is 7. The molecule has 1 unspecified atom stereocenters. The highest BCUT2D eigenvalue weighted by atomic mass is 32.1. The number of likely N-dealkylation sites (N-methyl/N-ethyl adjacent to an activating group) is 1. The minimum atomic E-state index is 0.394. The van der Waals surface area contributed by atoms with Crippen LogP contribution in [0.25, 0.3) is 0 Å². The lowest BCUT2D eigenvalue weighted by atomic mass is 10.0. The Balaban J connectivity index is 1.61. The molecule has 1 saturated heterocycles. The van der Waals surface area contributed by atoms with E-state index >= 15 is 0 Å². The Hall–Kier alpha value is -1.60. The molecule has 0 bridgehead atoms. The first-order valence-corrected chi connectivity index (χ1v) is 9.38. The van der Waals surface area contributed by atoms with Crippen molar-refractivity contribution in [3.63, 3.8) is 0 Å². The Labute approximate surface area is 148 Å². The second-order valence-corrected chi connectivity index (χ2v) is 7.73. The summed E-state index contributed by atoms with van der Waals surface area (Å²) in [5, 5.41) is 9.63. The summed E-state index contributed by atoms with van der Waals surface area (Å²) >= 11 is 1.53. The van der Waals surface area contributed by atoms with Crippen molar-refractivity contribution in [2.45, 2.75) is 52.1 Å². The third-order valence-electron chi connectivity index (χ3n) is 4.51. The van der Waals surface area contributed by atoms with E-state index in [-0.39, 0.29) is 0 Å². The van der Waals surface area contributed by atoms with Gasteiger partial charge in [0.1, 0.15) is 10.8 Å². The molecule has 130 valence electrons. The van der Waals surface area contributed by atoms with E-state index in [0.29, 0.717) is 12.0 Å². The van der Waals surface area contributed by atoms with Gasteiger partial charge in [-0.05, 0) is 50.5 Å². The van der Waals surface area contributed by atoms with E-state index in [1.54, 1.807) is 0 Å². The van der Waals surface area contributed by atoms with Gasteiger partial charge in [0.05, 0.1) is 12.2 Å². The molecule has 3 heterocycles. The molecule has 7 heteroatoms. The molecule has 0 N–H and O–H groups in total. The molecule has 0 radical (unpaired) electrons. The number of nitrogens with zero attached hydrogens (tertiary/aromatic N) is 6. The summed E-state index contributed by atoms with van der Waals surface area (Å²) in [6.07, 6.45) is 2.39. The van der Waals surface area contributed by atoms with E-state index in [9.17, 15) is 0 Å². The van der Waals surface area contributed by atoms with Crippen LogP contribution in [0.5, 0.6) is 0 Å². The fourth-order valence-corrected chi connectivity index (χ4v) is 3.84. The van der Waals surface area contributed by atoms with E-state index < -0.39 is 0 Å². The average molecular weight is 347 g/mol. The summed E-state index contributed by atoms with van der Waals surface area (Å²) in [6, 6.07) is 4.61. The minimum Gasteiger partial charge on any atom is -0.354 e.